The third-order valence-corrected chi connectivity index (χ3v) is 6.82. The van der Waals surface area contributed by atoms with Crippen LogP contribution in [-0.2, 0) is 30.3 Å². The molecule has 0 aliphatic rings. The van der Waals surface area contributed by atoms with E-state index in [1.165, 1.54) is 12.0 Å². The van der Waals surface area contributed by atoms with E-state index >= 15 is 0 Å². The number of esters is 1. The summed E-state index contributed by atoms with van der Waals surface area (Å²) < 4.78 is 10.2. The minimum absolute atomic E-state index is 0.135. The van der Waals surface area contributed by atoms with Crippen molar-refractivity contribution in [1.29, 1.82) is 0 Å². The number of aryl methyl sites for hydroxylation is 1. The number of aromatic hydroxyl groups is 1. The second kappa shape index (κ2) is 17.1. The van der Waals surface area contributed by atoms with E-state index in [0.717, 1.165) is 31.2 Å². The van der Waals surface area contributed by atoms with Crippen molar-refractivity contribution in [3.05, 3.63) is 65.2 Å². The van der Waals surface area contributed by atoms with Crippen molar-refractivity contribution < 1.29 is 33.8 Å². The molecule has 0 aliphatic heterocycles. The number of ether oxygens (including phenoxy) is 2. The lowest BCUT2D eigenvalue weighted by molar-refractivity contribution is -0.144. The first-order valence-electron chi connectivity index (χ1n) is 14.8. The lowest BCUT2D eigenvalue weighted by Gasteiger charge is -2.35. The van der Waals surface area contributed by atoms with E-state index in [1.807, 2.05) is 30.3 Å². The van der Waals surface area contributed by atoms with Crippen LogP contribution in [0, 0.1) is 6.92 Å². The highest BCUT2D eigenvalue weighted by Crippen LogP contribution is 2.33. The first kappa shape index (κ1) is 35.1. The van der Waals surface area contributed by atoms with Gasteiger partial charge in [0.15, 0.2) is 0 Å². The van der Waals surface area contributed by atoms with Gasteiger partial charge in [-0.25, -0.2) is 4.79 Å². The van der Waals surface area contributed by atoms with Gasteiger partial charge in [-0.2, -0.15) is 0 Å². The summed E-state index contributed by atoms with van der Waals surface area (Å²) >= 11 is 0. The molecule has 2 unspecified atom stereocenters. The lowest BCUT2D eigenvalue weighted by atomic mass is 9.97. The fourth-order valence-electron chi connectivity index (χ4n) is 4.63. The first-order valence-corrected chi connectivity index (χ1v) is 14.8. The zero-order valence-electron chi connectivity index (χ0n) is 26.3. The highest BCUT2D eigenvalue weighted by Gasteiger charge is 2.37. The van der Waals surface area contributed by atoms with Crippen LogP contribution in [0.4, 0.5) is 4.79 Å². The molecule has 0 saturated carbocycles. The maximum absolute atomic E-state index is 14.5. The Morgan fingerprint density at radius 3 is 2.26 bits per heavy atom. The van der Waals surface area contributed by atoms with E-state index in [9.17, 15) is 24.3 Å². The van der Waals surface area contributed by atoms with Crippen LogP contribution in [0.25, 0.3) is 0 Å². The second-order valence-corrected chi connectivity index (χ2v) is 11.5. The summed E-state index contributed by atoms with van der Waals surface area (Å²) in [6.45, 7) is 8.74. The van der Waals surface area contributed by atoms with Gasteiger partial charge in [0.25, 0.3) is 0 Å². The Labute approximate surface area is 255 Å². The van der Waals surface area contributed by atoms with Gasteiger partial charge in [-0.15, -0.1) is 0 Å². The predicted molar refractivity (Wildman–Crippen MR) is 164 cm³/mol. The van der Waals surface area contributed by atoms with Crippen LogP contribution in [0.15, 0.2) is 48.5 Å². The summed E-state index contributed by atoms with van der Waals surface area (Å²) in [5.41, 5.74) is 0.726. The monoisotopic (exact) mass is 597 g/mol. The maximum atomic E-state index is 14.5. The van der Waals surface area contributed by atoms with Gasteiger partial charge in [0.1, 0.15) is 30.0 Å². The predicted octanol–water partition coefficient (Wildman–Crippen LogP) is 4.97. The van der Waals surface area contributed by atoms with Crippen molar-refractivity contribution in [2.24, 2.45) is 0 Å². The van der Waals surface area contributed by atoms with Gasteiger partial charge in [-0.3, -0.25) is 14.4 Å². The van der Waals surface area contributed by atoms with Gasteiger partial charge in [0, 0.05) is 18.5 Å². The van der Waals surface area contributed by atoms with Crippen LogP contribution < -0.4 is 10.6 Å². The number of hydrogen-bond acceptors (Lipinski definition) is 7. The van der Waals surface area contributed by atoms with Gasteiger partial charge < -0.3 is 30.1 Å². The standard InChI is InChI=1S/C33H47N3O7/c1-7-8-9-10-14-20-36(28(30(39)34-22-27(37)42-6)25-19-15-16-23(2)29(25)38)31(40)26(21-24-17-12-11-13-18-24)35-32(41)43-33(3,4)5/h11-13,15-19,26,28,38H,7-10,14,20-22H2,1-6H3,(H,34,39)(H,35,41). The highest BCUT2D eigenvalue weighted by molar-refractivity contribution is 5.93. The number of hydrogen-bond donors (Lipinski definition) is 3. The van der Waals surface area contributed by atoms with E-state index in [-0.39, 0.29) is 24.3 Å². The Bertz CT molecular complexity index is 1210. The number of benzene rings is 2. The molecule has 3 N–H and O–H groups in total. The van der Waals surface area contributed by atoms with Crippen molar-refractivity contribution >= 4 is 23.9 Å². The molecule has 0 aliphatic carbocycles. The molecule has 3 amide bonds. The number of phenols is 1. The van der Waals surface area contributed by atoms with Gasteiger partial charge in [0.05, 0.1) is 7.11 Å². The van der Waals surface area contributed by atoms with Crippen LogP contribution >= 0.6 is 0 Å². The van der Waals surface area contributed by atoms with Gasteiger partial charge in [-0.1, -0.05) is 81.1 Å². The molecule has 10 nitrogen and oxygen atoms in total. The Balaban J connectivity index is 2.59. The van der Waals surface area contributed by atoms with Gasteiger partial charge >= 0.3 is 12.1 Å². The molecule has 2 atom stereocenters. The molecule has 2 aromatic rings. The Kier molecular flexibility index (Phi) is 14.0. The lowest BCUT2D eigenvalue weighted by Crippen LogP contribution is -2.54. The minimum atomic E-state index is -1.29. The smallest absolute Gasteiger partial charge is 0.408 e. The maximum Gasteiger partial charge on any atom is 0.408 e. The highest BCUT2D eigenvalue weighted by atomic mass is 16.6. The number of rotatable bonds is 15. The third-order valence-electron chi connectivity index (χ3n) is 6.82. The molecular formula is C33H47N3O7. The second-order valence-electron chi connectivity index (χ2n) is 11.5. The Morgan fingerprint density at radius 2 is 1.63 bits per heavy atom. The van der Waals surface area contributed by atoms with E-state index in [2.05, 4.69) is 22.3 Å². The summed E-state index contributed by atoms with van der Waals surface area (Å²) in [6, 6.07) is 11.8. The van der Waals surface area contributed by atoms with Crippen LogP contribution in [0.5, 0.6) is 5.75 Å². The quantitative estimate of drug-likeness (QED) is 0.195. The number of nitrogens with one attached hydrogen (secondary N) is 2. The molecule has 43 heavy (non-hydrogen) atoms. The SMILES string of the molecule is CCCCCCCN(C(=O)C(Cc1ccccc1)NC(=O)OC(C)(C)C)C(C(=O)NCC(=O)OC)c1cccc(C)c1O. The molecule has 236 valence electrons. The topological polar surface area (TPSA) is 134 Å². The van der Waals surface area contributed by atoms with E-state index in [4.69, 9.17) is 4.74 Å². The molecule has 0 radical (unpaired) electrons. The zero-order valence-corrected chi connectivity index (χ0v) is 26.3. The number of methoxy groups -OCH3 is 1. The normalized spacial score (nSPS) is 12.5. The molecule has 2 aromatic carbocycles. The number of nitrogens with zero attached hydrogens (tertiary/aromatic N) is 1. The summed E-state index contributed by atoms with van der Waals surface area (Å²) in [6.07, 6.45) is 3.80. The van der Waals surface area contributed by atoms with Gasteiger partial charge in [-0.05, 0) is 45.2 Å². The van der Waals surface area contributed by atoms with Crippen LogP contribution in [-0.4, -0.2) is 65.7 Å². The van der Waals surface area contributed by atoms with Crippen molar-refractivity contribution in [1.82, 2.24) is 15.5 Å². The molecule has 2 rings (SSSR count). The fourth-order valence-corrected chi connectivity index (χ4v) is 4.63. The van der Waals surface area contributed by atoms with Crippen molar-refractivity contribution in [2.75, 3.05) is 20.2 Å². The molecule has 0 heterocycles. The molecule has 10 heteroatoms. The van der Waals surface area contributed by atoms with E-state index < -0.39 is 48.1 Å². The number of phenolic OH excluding ortho intramolecular Hbond substituents is 1. The van der Waals surface area contributed by atoms with E-state index in [1.54, 1.807) is 45.9 Å². The molecule has 0 saturated heterocycles. The average Bonchev–Trinajstić information content (AvgIpc) is 2.95. The number of unbranched alkanes of at least 4 members (excludes halogenated alkanes) is 4. The van der Waals surface area contributed by atoms with Gasteiger partial charge in [0.2, 0.25) is 11.8 Å². The summed E-state index contributed by atoms with van der Waals surface area (Å²) in [5.74, 6) is -1.98. The summed E-state index contributed by atoms with van der Waals surface area (Å²) in [4.78, 5) is 54.4. The Hall–Kier alpha value is -4.08. The molecule has 0 aromatic heterocycles. The number of alkyl carbamates (subject to hydrolysis) is 1. The van der Waals surface area contributed by atoms with Crippen molar-refractivity contribution in [2.45, 2.75) is 90.8 Å². The number of carbonyl (C=O) groups excluding carboxylic acids is 4. The molecule has 0 spiro atoms. The van der Waals surface area contributed by atoms with Crippen molar-refractivity contribution in [3.8, 4) is 5.75 Å². The van der Waals surface area contributed by atoms with Crippen LogP contribution in [0.2, 0.25) is 0 Å². The minimum Gasteiger partial charge on any atom is -0.507 e. The molecule has 0 bridgehead atoms. The van der Waals surface area contributed by atoms with Crippen LogP contribution in [0.3, 0.4) is 0 Å². The van der Waals surface area contributed by atoms with Crippen molar-refractivity contribution in [3.63, 3.8) is 0 Å². The Morgan fingerprint density at radius 1 is 0.953 bits per heavy atom. The summed E-state index contributed by atoms with van der Waals surface area (Å²) in [5, 5.41) is 16.3. The third kappa shape index (κ3) is 11.6. The first-order chi connectivity index (χ1) is 20.4. The van der Waals surface area contributed by atoms with E-state index in [0.29, 0.717) is 12.0 Å². The van der Waals surface area contributed by atoms with Crippen LogP contribution in [0.1, 0.15) is 82.5 Å². The number of carbonyl (C=O) groups is 4. The summed E-state index contributed by atoms with van der Waals surface area (Å²) in [7, 11) is 1.21. The molecule has 0 fully saturated rings. The molecular weight excluding hydrogens is 550 g/mol. The number of para-hydroxylation sites is 1. The largest absolute Gasteiger partial charge is 0.507 e. The fraction of sp³-hybridized carbons (Fsp3) is 0.515. The average molecular weight is 598 g/mol. The zero-order chi connectivity index (χ0) is 32.0. The number of amides is 3.